The first-order valence-electron chi connectivity index (χ1n) is 8.92. The van der Waals surface area contributed by atoms with Gasteiger partial charge in [0.1, 0.15) is 0 Å². The van der Waals surface area contributed by atoms with E-state index < -0.39 is 10.0 Å². The number of morpholine rings is 1. The van der Waals surface area contributed by atoms with Crippen LogP contribution >= 0.6 is 0 Å². The lowest BCUT2D eigenvalue weighted by atomic mass is 10.2. The van der Waals surface area contributed by atoms with E-state index in [0.717, 1.165) is 29.9 Å². The Balaban J connectivity index is 1.55. The minimum absolute atomic E-state index is 0.249. The van der Waals surface area contributed by atoms with E-state index in [2.05, 4.69) is 25.1 Å². The van der Waals surface area contributed by atoms with Gasteiger partial charge in [0.2, 0.25) is 10.0 Å². The molecule has 146 valence electrons. The fourth-order valence-electron chi connectivity index (χ4n) is 2.89. The van der Waals surface area contributed by atoms with Crippen LogP contribution in [0.5, 0.6) is 0 Å². The first kappa shape index (κ1) is 19.5. The lowest BCUT2D eigenvalue weighted by Crippen LogP contribution is -2.36. The van der Waals surface area contributed by atoms with Gasteiger partial charge in [-0.25, -0.2) is 13.1 Å². The number of rotatable bonds is 7. The molecule has 0 saturated carbocycles. The zero-order chi connectivity index (χ0) is 19.3. The average molecular weight is 391 g/mol. The number of ether oxygens (including phenoxy) is 1. The van der Waals surface area contributed by atoms with Crippen molar-refractivity contribution in [2.45, 2.75) is 18.7 Å². The van der Waals surface area contributed by atoms with E-state index in [-0.39, 0.29) is 6.54 Å². The van der Waals surface area contributed by atoms with E-state index in [1.807, 2.05) is 25.1 Å². The van der Waals surface area contributed by atoms with Crippen molar-refractivity contribution in [3.63, 3.8) is 0 Å². The van der Waals surface area contributed by atoms with Crippen LogP contribution in [0.1, 0.15) is 11.1 Å². The molecule has 9 heteroatoms. The number of aromatic nitrogens is 2. The molecule has 2 heterocycles. The van der Waals surface area contributed by atoms with Crippen molar-refractivity contribution >= 4 is 21.5 Å². The summed E-state index contributed by atoms with van der Waals surface area (Å²) in [4.78, 5) is 2.50. The molecule has 3 rings (SSSR count). The molecule has 1 aromatic heterocycles. The highest BCUT2D eigenvalue weighted by Crippen LogP contribution is 2.18. The summed E-state index contributed by atoms with van der Waals surface area (Å²) in [5.74, 6) is 0.616. The third-order valence-electron chi connectivity index (χ3n) is 4.37. The Morgan fingerprint density at radius 3 is 2.70 bits per heavy atom. The van der Waals surface area contributed by atoms with Gasteiger partial charge in [-0.2, -0.15) is 5.10 Å². The Labute approximate surface area is 160 Å². The van der Waals surface area contributed by atoms with Gasteiger partial charge in [0.25, 0.3) is 0 Å². The van der Waals surface area contributed by atoms with E-state index in [4.69, 9.17) is 4.74 Å². The zero-order valence-corrected chi connectivity index (χ0v) is 16.4. The summed E-state index contributed by atoms with van der Waals surface area (Å²) in [7, 11) is -3.54. The molecule has 2 N–H and O–H groups in total. The minimum atomic E-state index is -3.54. The molecule has 0 atom stereocenters. The molecule has 2 aromatic rings. The van der Waals surface area contributed by atoms with Crippen LogP contribution < -0.4 is 14.9 Å². The van der Waals surface area contributed by atoms with Crippen LogP contribution in [0.15, 0.2) is 35.4 Å². The summed E-state index contributed by atoms with van der Waals surface area (Å²) in [6.45, 7) is 7.36. The summed E-state index contributed by atoms with van der Waals surface area (Å²) in [6.07, 6.45) is 1.72. The van der Waals surface area contributed by atoms with E-state index in [0.29, 0.717) is 30.5 Å². The standard InChI is InChI=1S/C18H25N5O3S/c1-14-3-4-15(2)17(11-14)27(24,25)21-6-5-19-18-12-16(13-20-22-18)23-7-9-26-10-8-23/h3-4,11-13,21H,5-10H2,1-2H3,(H,19,22). The minimum Gasteiger partial charge on any atom is -0.378 e. The van der Waals surface area contributed by atoms with E-state index in [1.54, 1.807) is 19.2 Å². The summed E-state index contributed by atoms with van der Waals surface area (Å²) in [6, 6.07) is 7.31. The summed E-state index contributed by atoms with van der Waals surface area (Å²) in [5, 5.41) is 11.2. The van der Waals surface area contributed by atoms with Crippen LogP contribution in [0, 0.1) is 13.8 Å². The number of nitrogens with one attached hydrogen (secondary N) is 2. The molecule has 1 saturated heterocycles. The second kappa shape index (κ2) is 8.64. The normalized spacial score (nSPS) is 15.0. The van der Waals surface area contributed by atoms with Crippen LogP contribution in [-0.2, 0) is 14.8 Å². The molecule has 0 amide bonds. The summed E-state index contributed by atoms with van der Waals surface area (Å²) >= 11 is 0. The van der Waals surface area contributed by atoms with Crippen molar-refractivity contribution < 1.29 is 13.2 Å². The van der Waals surface area contributed by atoms with Crippen LogP contribution in [0.4, 0.5) is 11.5 Å². The van der Waals surface area contributed by atoms with Gasteiger partial charge in [-0.15, -0.1) is 5.10 Å². The van der Waals surface area contributed by atoms with Gasteiger partial charge in [-0.3, -0.25) is 0 Å². The number of aryl methyl sites for hydroxylation is 2. The lowest BCUT2D eigenvalue weighted by Gasteiger charge is -2.28. The smallest absolute Gasteiger partial charge is 0.240 e. The van der Waals surface area contributed by atoms with Crippen LogP contribution in [0.2, 0.25) is 0 Å². The second-order valence-corrected chi connectivity index (χ2v) is 8.23. The van der Waals surface area contributed by atoms with Gasteiger partial charge in [-0.05, 0) is 31.0 Å². The van der Waals surface area contributed by atoms with Gasteiger partial charge < -0.3 is 15.0 Å². The molecule has 1 aromatic carbocycles. The zero-order valence-electron chi connectivity index (χ0n) is 15.6. The molecule has 1 aliphatic heterocycles. The SMILES string of the molecule is Cc1ccc(C)c(S(=O)(=O)NCCNc2cc(N3CCOCC3)cnn2)c1. The first-order valence-corrected chi connectivity index (χ1v) is 10.4. The van der Waals surface area contributed by atoms with Crippen LogP contribution in [0.3, 0.4) is 0 Å². The second-order valence-electron chi connectivity index (χ2n) is 6.49. The Kier molecular flexibility index (Phi) is 6.25. The maximum absolute atomic E-state index is 12.5. The highest BCUT2D eigenvalue weighted by Gasteiger charge is 2.16. The number of sulfonamides is 1. The monoisotopic (exact) mass is 391 g/mol. The highest BCUT2D eigenvalue weighted by molar-refractivity contribution is 7.89. The van der Waals surface area contributed by atoms with Crippen molar-refractivity contribution in [1.82, 2.24) is 14.9 Å². The van der Waals surface area contributed by atoms with Gasteiger partial charge in [0, 0.05) is 32.2 Å². The number of hydrogen-bond donors (Lipinski definition) is 2. The first-order chi connectivity index (χ1) is 13.0. The highest BCUT2D eigenvalue weighted by atomic mass is 32.2. The molecule has 0 unspecified atom stereocenters. The number of benzene rings is 1. The largest absolute Gasteiger partial charge is 0.378 e. The molecule has 0 radical (unpaired) electrons. The Morgan fingerprint density at radius 2 is 1.93 bits per heavy atom. The molecule has 1 fully saturated rings. The van der Waals surface area contributed by atoms with Crippen molar-refractivity contribution in [3.8, 4) is 0 Å². The van der Waals surface area contributed by atoms with Crippen molar-refractivity contribution in [2.75, 3.05) is 49.6 Å². The quantitative estimate of drug-likeness (QED) is 0.687. The van der Waals surface area contributed by atoms with Gasteiger partial charge >= 0.3 is 0 Å². The Bertz CT molecular complexity index is 882. The lowest BCUT2D eigenvalue weighted by molar-refractivity contribution is 0.122. The maximum atomic E-state index is 12.5. The van der Waals surface area contributed by atoms with Crippen molar-refractivity contribution in [2.24, 2.45) is 0 Å². The van der Waals surface area contributed by atoms with E-state index in [9.17, 15) is 8.42 Å². The van der Waals surface area contributed by atoms with Gasteiger partial charge in [-0.1, -0.05) is 12.1 Å². The molecule has 8 nitrogen and oxygen atoms in total. The van der Waals surface area contributed by atoms with Crippen LogP contribution in [-0.4, -0.2) is 58.0 Å². The fraction of sp³-hybridized carbons (Fsp3) is 0.444. The van der Waals surface area contributed by atoms with Crippen molar-refractivity contribution in [1.29, 1.82) is 0 Å². The molecule has 0 spiro atoms. The van der Waals surface area contributed by atoms with Crippen molar-refractivity contribution in [3.05, 3.63) is 41.6 Å². The predicted octanol–water partition coefficient (Wildman–Crippen LogP) is 1.32. The fourth-order valence-corrected chi connectivity index (χ4v) is 4.25. The number of hydrogen-bond acceptors (Lipinski definition) is 7. The summed E-state index contributed by atoms with van der Waals surface area (Å²) in [5.41, 5.74) is 2.62. The maximum Gasteiger partial charge on any atom is 0.240 e. The van der Waals surface area contributed by atoms with E-state index in [1.165, 1.54) is 0 Å². The average Bonchev–Trinajstić information content (AvgIpc) is 2.68. The molecule has 0 aliphatic carbocycles. The van der Waals surface area contributed by atoms with Gasteiger partial charge in [0.05, 0.1) is 30.0 Å². The van der Waals surface area contributed by atoms with Crippen LogP contribution in [0.25, 0.3) is 0 Å². The molecule has 27 heavy (non-hydrogen) atoms. The number of anilines is 2. The Hall–Kier alpha value is -2.23. The molecular formula is C18H25N5O3S. The Morgan fingerprint density at radius 1 is 1.15 bits per heavy atom. The summed E-state index contributed by atoms with van der Waals surface area (Å²) < 4.78 is 33.0. The predicted molar refractivity (Wildman–Crippen MR) is 105 cm³/mol. The molecular weight excluding hydrogens is 366 g/mol. The third kappa shape index (κ3) is 5.15. The van der Waals surface area contributed by atoms with Gasteiger partial charge in [0.15, 0.2) is 5.82 Å². The number of nitrogens with zero attached hydrogens (tertiary/aromatic N) is 3. The third-order valence-corrected chi connectivity index (χ3v) is 5.98. The molecule has 1 aliphatic rings. The topological polar surface area (TPSA) is 96.5 Å². The van der Waals surface area contributed by atoms with E-state index >= 15 is 0 Å². The molecule has 0 bridgehead atoms.